The van der Waals surface area contributed by atoms with E-state index in [2.05, 4.69) is 10.3 Å². The van der Waals surface area contributed by atoms with Gasteiger partial charge in [0.2, 0.25) is 0 Å². The third-order valence-electron chi connectivity index (χ3n) is 5.55. The lowest BCUT2D eigenvalue weighted by Crippen LogP contribution is -2.15. The van der Waals surface area contributed by atoms with Crippen LogP contribution in [-0.2, 0) is 0 Å². The van der Waals surface area contributed by atoms with E-state index in [1.807, 2.05) is 31.2 Å². The fourth-order valence-corrected chi connectivity index (χ4v) is 5.02. The van der Waals surface area contributed by atoms with E-state index in [1.54, 1.807) is 24.5 Å². The van der Waals surface area contributed by atoms with Crippen molar-refractivity contribution in [1.82, 2.24) is 9.97 Å². The van der Waals surface area contributed by atoms with E-state index < -0.39 is 0 Å². The van der Waals surface area contributed by atoms with Gasteiger partial charge in [-0.3, -0.25) is 4.79 Å². The monoisotopic (exact) mass is 411 g/mol. The van der Waals surface area contributed by atoms with E-state index in [4.69, 9.17) is 9.72 Å². The lowest BCUT2D eigenvalue weighted by atomic mass is 9.83. The molecule has 1 amide bonds. The average molecular weight is 412 g/mol. The molecule has 4 rings (SSSR count). The van der Waals surface area contributed by atoms with Gasteiger partial charge in [0.1, 0.15) is 11.4 Å². The molecule has 1 aliphatic carbocycles. The third-order valence-corrected chi connectivity index (χ3v) is 6.73. The quantitative estimate of drug-likeness (QED) is 0.644. The summed E-state index contributed by atoms with van der Waals surface area (Å²) >= 11 is 1.68. The van der Waals surface area contributed by atoms with Crippen LogP contribution in [0.15, 0.2) is 30.3 Å². The second kappa shape index (κ2) is 8.47. The van der Waals surface area contributed by atoms with Crippen molar-refractivity contribution in [3.05, 3.63) is 46.7 Å². The molecule has 0 bridgehead atoms. The first-order valence-corrected chi connectivity index (χ1v) is 10.7. The van der Waals surface area contributed by atoms with Crippen LogP contribution in [0.2, 0.25) is 0 Å². The fourth-order valence-electron chi connectivity index (χ4n) is 3.86. The molecule has 0 radical (unpaired) electrons. The Kier molecular flexibility index (Phi) is 5.78. The summed E-state index contributed by atoms with van der Waals surface area (Å²) in [6.45, 7) is 2.14. The molecule has 2 N–H and O–H groups in total. The van der Waals surface area contributed by atoms with Gasteiger partial charge in [-0.25, -0.2) is 9.97 Å². The molecule has 0 atom stereocenters. The van der Waals surface area contributed by atoms with Gasteiger partial charge in [0.05, 0.1) is 28.0 Å². The number of hydrogen-bond donors (Lipinski definition) is 2. The van der Waals surface area contributed by atoms with Crippen LogP contribution in [-0.4, -0.2) is 34.7 Å². The summed E-state index contributed by atoms with van der Waals surface area (Å²) in [6, 6.07) is 9.19. The minimum absolute atomic E-state index is 0.265. The van der Waals surface area contributed by atoms with Crippen molar-refractivity contribution >= 4 is 33.1 Å². The summed E-state index contributed by atoms with van der Waals surface area (Å²) in [5.74, 6) is 1.19. The molecule has 152 valence electrons. The van der Waals surface area contributed by atoms with Crippen LogP contribution in [0.25, 0.3) is 10.2 Å². The van der Waals surface area contributed by atoms with Crippen LogP contribution in [0, 0.1) is 12.8 Å². The second-order valence-corrected chi connectivity index (χ2v) is 8.65. The lowest BCUT2D eigenvalue weighted by molar-refractivity contribution is 0.102. The molecule has 0 spiro atoms. The fraction of sp³-hybridized carbons (Fsp3) is 0.409. The minimum Gasteiger partial charge on any atom is -0.494 e. The maximum atomic E-state index is 12.6. The molecule has 1 fully saturated rings. The number of carbonyl (C=O) groups excluding carboxylic acids is 1. The highest BCUT2D eigenvalue weighted by atomic mass is 32.1. The van der Waals surface area contributed by atoms with E-state index in [9.17, 15) is 9.90 Å². The van der Waals surface area contributed by atoms with Crippen LogP contribution in [0.5, 0.6) is 5.75 Å². The molecule has 1 aliphatic rings. The lowest BCUT2D eigenvalue weighted by Gasteiger charge is -2.25. The van der Waals surface area contributed by atoms with Crippen LogP contribution < -0.4 is 10.1 Å². The number of aliphatic hydroxyl groups excluding tert-OH is 1. The van der Waals surface area contributed by atoms with Crippen molar-refractivity contribution in [3.8, 4) is 5.75 Å². The molecule has 0 saturated heterocycles. The molecular formula is C22H25N3O3S. The largest absolute Gasteiger partial charge is 0.494 e. The second-order valence-electron chi connectivity index (χ2n) is 7.59. The van der Waals surface area contributed by atoms with E-state index in [0.29, 0.717) is 29.0 Å². The Morgan fingerprint density at radius 2 is 2.03 bits per heavy atom. The topological polar surface area (TPSA) is 84.3 Å². The Hall–Kier alpha value is -2.51. The van der Waals surface area contributed by atoms with Gasteiger partial charge in [-0.05, 0) is 56.7 Å². The summed E-state index contributed by atoms with van der Waals surface area (Å²) in [7, 11) is 1.59. The van der Waals surface area contributed by atoms with E-state index >= 15 is 0 Å². The van der Waals surface area contributed by atoms with Gasteiger partial charge < -0.3 is 15.2 Å². The third kappa shape index (κ3) is 4.26. The predicted molar refractivity (Wildman–Crippen MR) is 115 cm³/mol. The maximum Gasteiger partial charge on any atom is 0.274 e. The predicted octanol–water partition coefficient (Wildman–Crippen LogP) is 4.53. The van der Waals surface area contributed by atoms with Crippen molar-refractivity contribution in [3.63, 3.8) is 0 Å². The van der Waals surface area contributed by atoms with E-state index in [-0.39, 0.29) is 12.5 Å². The summed E-state index contributed by atoms with van der Waals surface area (Å²) in [6.07, 6.45) is 4.21. The van der Waals surface area contributed by atoms with Crippen molar-refractivity contribution < 1.29 is 14.6 Å². The van der Waals surface area contributed by atoms with Gasteiger partial charge in [0.25, 0.3) is 5.91 Å². The number of anilines is 1. The highest BCUT2D eigenvalue weighted by Crippen LogP contribution is 2.41. The Bertz CT molecular complexity index is 1030. The highest BCUT2D eigenvalue weighted by Gasteiger charge is 2.25. The van der Waals surface area contributed by atoms with Crippen LogP contribution in [0.4, 0.5) is 5.69 Å². The molecule has 1 saturated carbocycles. The molecule has 6 nitrogen and oxygen atoms in total. The zero-order valence-electron chi connectivity index (χ0n) is 16.6. The van der Waals surface area contributed by atoms with Crippen LogP contribution in [0.1, 0.15) is 52.8 Å². The Morgan fingerprint density at radius 1 is 1.24 bits per heavy atom. The molecule has 29 heavy (non-hydrogen) atoms. The average Bonchev–Trinajstić information content (AvgIpc) is 3.16. The van der Waals surface area contributed by atoms with Crippen molar-refractivity contribution in [1.29, 1.82) is 0 Å². The molecule has 0 unspecified atom stereocenters. The number of benzene rings is 1. The molecule has 2 heterocycles. The molecule has 7 heteroatoms. The van der Waals surface area contributed by atoms with E-state index in [1.165, 1.54) is 0 Å². The number of aliphatic hydroxyl groups is 1. The number of pyridine rings is 1. The smallest absolute Gasteiger partial charge is 0.274 e. The number of amides is 1. The number of fused-ring (bicyclic) bond motifs is 1. The molecular weight excluding hydrogens is 386 g/mol. The number of rotatable bonds is 5. The standard InChI is InChI=1S/C22H25N3O3S/c1-13-4-3-5-16(23-13)21(27)24-17-11-20-18(10-19(17)28-2)25-22(29-20)15-8-6-14(12-26)7-9-15/h3-5,10-11,14-15,26H,6-9,12H2,1-2H3,(H,24,27)/t14-,15-. The summed E-state index contributed by atoms with van der Waals surface area (Å²) in [5.41, 5.74) is 2.67. The molecule has 1 aromatic carbocycles. The number of nitrogens with zero attached hydrogens (tertiary/aromatic N) is 2. The SMILES string of the molecule is COc1cc2nc([C@H]3CC[C@H](CO)CC3)sc2cc1NC(=O)c1cccc(C)n1. The number of carbonyl (C=O) groups is 1. The van der Waals surface area contributed by atoms with Crippen LogP contribution in [0.3, 0.4) is 0 Å². The van der Waals surface area contributed by atoms with E-state index in [0.717, 1.165) is 46.6 Å². The van der Waals surface area contributed by atoms with Gasteiger partial charge >= 0.3 is 0 Å². The Labute approximate surface area is 174 Å². The van der Waals surface area contributed by atoms with Crippen LogP contribution >= 0.6 is 11.3 Å². The molecule has 3 aromatic rings. The molecule has 2 aromatic heterocycles. The summed E-state index contributed by atoms with van der Waals surface area (Å²) in [5, 5.41) is 13.4. The minimum atomic E-state index is -0.265. The van der Waals surface area contributed by atoms with Gasteiger partial charge in [0.15, 0.2) is 0 Å². The number of methoxy groups -OCH3 is 1. The normalized spacial score (nSPS) is 19.3. The number of aromatic nitrogens is 2. The first-order valence-electron chi connectivity index (χ1n) is 9.91. The number of ether oxygens (including phenoxy) is 1. The molecule has 0 aliphatic heterocycles. The maximum absolute atomic E-state index is 12.6. The van der Waals surface area contributed by atoms with Gasteiger partial charge in [-0.2, -0.15) is 0 Å². The summed E-state index contributed by atoms with van der Waals surface area (Å²) in [4.78, 5) is 21.7. The number of thiazole rings is 1. The van der Waals surface area contributed by atoms with Crippen molar-refractivity contribution in [2.24, 2.45) is 5.92 Å². The highest BCUT2D eigenvalue weighted by molar-refractivity contribution is 7.18. The summed E-state index contributed by atoms with van der Waals surface area (Å²) < 4.78 is 6.52. The van der Waals surface area contributed by atoms with Gasteiger partial charge in [-0.1, -0.05) is 6.07 Å². The number of nitrogens with one attached hydrogen (secondary N) is 1. The van der Waals surface area contributed by atoms with Gasteiger partial charge in [0, 0.05) is 24.3 Å². The van der Waals surface area contributed by atoms with Gasteiger partial charge in [-0.15, -0.1) is 11.3 Å². The Morgan fingerprint density at radius 3 is 2.72 bits per heavy atom. The zero-order valence-corrected chi connectivity index (χ0v) is 17.5. The van der Waals surface area contributed by atoms with Crippen molar-refractivity contribution in [2.45, 2.75) is 38.5 Å². The zero-order chi connectivity index (χ0) is 20.4. The first-order chi connectivity index (χ1) is 14.1. The number of aryl methyl sites for hydroxylation is 1. The first kappa shape index (κ1) is 19.8. The number of hydrogen-bond acceptors (Lipinski definition) is 6. The Balaban J connectivity index is 1.59. The van der Waals surface area contributed by atoms with Crippen molar-refractivity contribution in [2.75, 3.05) is 19.0 Å².